The average molecular weight is 327 g/mol. The number of aliphatic hydroxyl groups is 1. The minimum Gasteiger partial charge on any atom is -0.457 e. The summed E-state index contributed by atoms with van der Waals surface area (Å²) in [5.41, 5.74) is 0.381. The molecule has 21 heavy (non-hydrogen) atoms. The van der Waals surface area contributed by atoms with Crippen molar-refractivity contribution in [1.82, 2.24) is 4.90 Å². The largest absolute Gasteiger partial charge is 0.457 e. The third kappa shape index (κ3) is 2.22. The fourth-order valence-electron chi connectivity index (χ4n) is 3.07. The molecule has 0 aliphatic carbocycles. The van der Waals surface area contributed by atoms with Crippen LogP contribution < -0.4 is 0 Å². The van der Waals surface area contributed by atoms with Crippen molar-refractivity contribution in [2.45, 2.75) is 24.3 Å². The zero-order chi connectivity index (χ0) is 15.1. The minimum absolute atomic E-state index is 0.0901. The number of β-lactam (4-membered cyclic amide) rings is 1. The second-order valence-electron chi connectivity index (χ2n) is 5.21. The van der Waals surface area contributed by atoms with Crippen LogP contribution in [-0.2, 0) is 14.3 Å². The number of fused-ring (bicyclic) bond motifs is 3. The van der Waals surface area contributed by atoms with Crippen LogP contribution >= 0.6 is 23.5 Å². The monoisotopic (exact) mass is 327 g/mol. The second kappa shape index (κ2) is 5.70. The topological polar surface area (TPSA) is 66.8 Å². The van der Waals surface area contributed by atoms with E-state index in [9.17, 15) is 14.7 Å². The number of hydrogen-bond acceptors (Lipinski definition) is 6. The molecular weight excluding hydrogens is 310 g/mol. The number of esters is 1. The van der Waals surface area contributed by atoms with Crippen LogP contribution in [0.1, 0.15) is 6.92 Å². The molecule has 3 rings (SSSR count). The van der Waals surface area contributed by atoms with Gasteiger partial charge in [-0.05, 0) is 6.92 Å². The number of aliphatic hydroxyl groups excluding tert-OH is 1. The summed E-state index contributed by atoms with van der Waals surface area (Å²) in [4.78, 5) is 27.0. The smallest absolute Gasteiger partial charge is 0.356 e. The lowest BCUT2D eigenvalue weighted by Gasteiger charge is -2.47. The van der Waals surface area contributed by atoms with Gasteiger partial charge in [0.1, 0.15) is 12.3 Å². The van der Waals surface area contributed by atoms with Gasteiger partial charge in [0.25, 0.3) is 0 Å². The number of ether oxygens (including phenoxy) is 1. The van der Waals surface area contributed by atoms with Crippen LogP contribution in [0.15, 0.2) is 23.3 Å². The summed E-state index contributed by atoms with van der Waals surface area (Å²) in [6.45, 7) is 5.29. The number of thioether (sulfide) groups is 2. The SMILES string of the molecule is C=CCOC(=O)C1=C2SCCS[C@@H]2[C@@H]2[C@@H]([C@@H](C)O)C(=O)N12. The maximum absolute atomic E-state index is 12.3. The average Bonchev–Trinajstić information content (AvgIpc) is 2.75. The van der Waals surface area contributed by atoms with Gasteiger partial charge in [0.05, 0.1) is 23.3 Å². The Hall–Kier alpha value is -0.920. The van der Waals surface area contributed by atoms with E-state index in [4.69, 9.17) is 4.74 Å². The van der Waals surface area contributed by atoms with Crippen LogP contribution in [0.25, 0.3) is 0 Å². The summed E-state index contributed by atoms with van der Waals surface area (Å²) in [5.74, 6) is 0.844. The van der Waals surface area contributed by atoms with E-state index < -0.39 is 18.0 Å². The van der Waals surface area contributed by atoms with E-state index in [2.05, 4.69) is 6.58 Å². The van der Waals surface area contributed by atoms with E-state index in [-0.39, 0.29) is 23.8 Å². The van der Waals surface area contributed by atoms with Gasteiger partial charge in [0.2, 0.25) is 5.91 Å². The van der Waals surface area contributed by atoms with E-state index in [1.807, 2.05) is 0 Å². The standard InChI is InChI=1S/C14H17NO4S2/c1-3-4-19-14(18)10-12-11(20-5-6-21-12)9-8(7(2)16)13(17)15(9)10/h3,7-9,11,16H,1,4-6H2,2H3/t7-,8-,9+,11-/m1/s1. The Bertz CT molecular complexity index is 531. The minimum atomic E-state index is -0.698. The van der Waals surface area contributed by atoms with Gasteiger partial charge in [-0.2, -0.15) is 11.8 Å². The molecule has 1 amide bonds. The summed E-state index contributed by atoms with van der Waals surface area (Å²) in [7, 11) is 0. The number of rotatable bonds is 4. The first kappa shape index (κ1) is 15.0. The van der Waals surface area contributed by atoms with E-state index in [1.54, 1.807) is 30.4 Å². The molecule has 2 fully saturated rings. The predicted octanol–water partition coefficient (Wildman–Crippen LogP) is 0.997. The van der Waals surface area contributed by atoms with Crippen LogP contribution in [0, 0.1) is 5.92 Å². The van der Waals surface area contributed by atoms with Crippen molar-refractivity contribution >= 4 is 35.4 Å². The highest BCUT2D eigenvalue weighted by molar-refractivity contribution is 8.09. The van der Waals surface area contributed by atoms with Crippen LogP contribution in [0.2, 0.25) is 0 Å². The highest BCUT2D eigenvalue weighted by Crippen LogP contribution is 2.53. The van der Waals surface area contributed by atoms with Gasteiger partial charge >= 0.3 is 5.97 Å². The molecular formula is C14H17NO4S2. The van der Waals surface area contributed by atoms with Gasteiger partial charge in [-0.25, -0.2) is 4.79 Å². The Morgan fingerprint density at radius 1 is 1.62 bits per heavy atom. The molecule has 3 heterocycles. The van der Waals surface area contributed by atoms with Gasteiger partial charge in [0.15, 0.2) is 0 Å². The first-order valence-electron chi connectivity index (χ1n) is 6.85. The quantitative estimate of drug-likeness (QED) is 0.472. The normalized spacial score (nSPS) is 32.2. The van der Waals surface area contributed by atoms with Gasteiger partial charge in [-0.15, -0.1) is 11.8 Å². The molecule has 0 aromatic rings. The number of carbonyl (C=O) groups excluding carboxylic acids is 2. The van der Waals surface area contributed by atoms with Crippen molar-refractivity contribution in [2.24, 2.45) is 5.92 Å². The maximum atomic E-state index is 12.3. The van der Waals surface area contributed by atoms with Gasteiger partial charge in [-0.3, -0.25) is 9.69 Å². The molecule has 4 atom stereocenters. The molecule has 3 aliphatic rings. The molecule has 0 spiro atoms. The fourth-order valence-corrected chi connectivity index (χ4v) is 6.04. The molecule has 1 N–H and O–H groups in total. The van der Waals surface area contributed by atoms with Crippen LogP contribution in [0.5, 0.6) is 0 Å². The molecule has 0 aromatic carbocycles. The Kier molecular flexibility index (Phi) is 4.07. The molecule has 5 nitrogen and oxygen atoms in total. The Balaban J connectivity index is 1.92. The number of amides is 1. The van der Waals surface area contributed by atoms with Crippen molar-refractivity contribution < 1.29 is 19.4 Å². The highest BCUT2D eigenvalue weighted by atomic mass is 32.2. The Labute approximate surface area is 131 Å². The molecule has 3 aliphatic heterocycles. The predicted molar refractivity (Wildman–Crippen MR) is 82.7 cm³/mol. The lowest BCUT2D eigenvalue weighted by Crippen LogP contribution is -2.64. The van der Waals surface area contributed by atoms with Crippen molar-refractivity contribution in [3.63, 3.8) is 0 Å². The summed E-state index contributed by atoms with van der Waals surface area (Å²) in [5, 5.41) is 9.92. The van der Waals surface area contributed by atoms with Crippen molar-refractivity contribution in [3.05, 3.63) is 23.3 Å². The maximum Gasteiger partial charge on any atom is 0.356 e. The van der Waals surface area contributed by atoms with E-state index >= 15 is 0 Å². The lowest BCUT2D eigenvalue weighted by atomic mass is 9.83. The van der Waals surface area contributed by atoms with E-state index in [0.29, 0.717) is 5.70 Å². The molecule has 2 saturated heterocycles. The van der Waals surface area contributed by atoms with Crippen LogP contribution in [0.3, 0.4) is 0 Å². The summed E-state index contributed by atoms with van der Waals surface area (Å²) < 4.78 is 5.13. The Morgan fingerprint density at radius 2 is 2.38 bits per heavy atom. The van der Waals surface area contributed by atoms with Crippen LogP contribution in [0.4, 0.5) is 0 Å². The first-order chi connectivity index (χ1) is 10.1. The van der Waals surface area contributed by atoms with Gasteiger partial charge in [0, 0.05) is 16.4 Å². The van der Waals surface area contributed by atoms with Crippen molar-refractivity contribution in [2.75, 3.05) is 18.1 Å². The summed E-state index contributed by atoms with van der Waals surface area (Å²) >= 11 is 3.38. The van der Waals surface area contributed by atoms with E-state index in [0.717, 1.165) is 16.4 Å². The highest BCUT2D eigenvalue weighted by Gasteiger charge is 2.62. The molecule has 7 heteroatoms. The van der Waals surface area contributed by atoms with Crippen LogP contribution in [-0.4, -0.2) is 57.4 Å². The molecule has 0 radical (unpaired) electrons. The third-order valence-corrected chi connectivity index (χ3v) is 6.80. The zero-order valence-corrected chi connectivity index (χ0v) is 13.3. The van der Waals surface area contributed by atoms with E-state index in [1.165, 1.54) is 11.0 Å². The van der Waals surface area contributed by atoms with Crippen molar-refractivity contribution in [3.8, 4) is 0 Å². The molecule has 0 bridgehead atoms. The summed E-state index contributed by atoms with van der Waals surface area (Å²) in [6.07, 6.45) is 0.808. The number of carbonyl (C=O) groups is 2. The third-order valence-electron chi connectivity index (χ3n) is 3.92. The second-order valence-corrected chi connectivity index (χ2v) is 7.59. The lowest BCUT2D eigenvalue weighted by molar-refractivity contribution is -0.161. The van der Waals surface area contributed by atoms with Gasteiger partial charge in [-0.1, -0.05) is 12.7 Å². The molecule has 0 saturated carbocycles. The number of hydrogen-bond donors (Lipinski definition) is 1. The number of nitrogens with zero attached hydrogens (tertiary/aromatic N) is 1. The fraction of sp³-hybridized carbons (Fsp3) is 0.571. The molecule has 0 aromatic heterocycles. The summed E-state index contributed by atoms with van der Waals surface area (Å²) in [6, 6.07) is -0.114. The molecule has 0 unspecified atom stereocenters. The van der Waals surface area contributed by atoms with Crippen molar-refractivity contribution in [1.29, 1.82) is 0 Å². The Morgan fingerprint density at radius 3 is 3.05 bits per heavy atom. The molecule has 114 valence electrons. The van der Waals surface area contributed by atoms with Gasteiger partial charge < -0.3 is 9.84 Å². The zero-order valence-electron chi connectivity index (χ0n) is 11.7. The first-order valence-corrected chi connectivity index (χ1v) is 8.89.